The molecule has 3 rings (SSSR count). The van der Waals surface area contributed by atoms with E-state index in [-0.39, 0.29) is 5.91 Å². The number of anilines is 2. The summed E-state index contributed by atoms with van der Waals surface area (Å²) in [5.74, 6) is 0.164. The molecule has 0 saturated carbocycles. The van der Waals surface area contributed by atoms with Gasteiger partial charge in [-0.2, -0.15) is 5.26 Å². The zero-order valence-corrected chi connectivity index (χ0v) is 16.0. The molecule has 0 aromatic heterocycles. The Labute approximate surface area is 161 Å². The third-order valence-electron chi connectivity index (χ3n) is 5.25. The van der Waals surface area contributed by atoms with Crippen LogP contribution < -0.4 is 10.2 Å². The topological polar surface area (TPSA) is 59.4 Å². The van der Waals surface area contributed by atoms with Crippen molar-refractivity contribution < 1.29 is 4.79 Å². The van der Waals surface area contributed by atoms with Gasteiger partial charge in [-0.3, -0.25) is 4.79 Å². The summed E-state index contributed by atoms with van der Waals surface area (Å²) in [7, 11) is 0. The molecular weight excluding hydrogens is 336 g/mol. The number of hydrogen-bond donors (Lipinski definition) is 1. The molecule has 0 unspecified atom stereocenters. The summed E-state index contributed by atoms with van der Waals surface area (Å²) < 4.78 is 0. The Hall–Kier alpha value is -3.00. The largest absolute Gasteiger partial charge is 0.383 e. The van der Waals surface area contributed by atoms with Crippen molar-refractivity contribution in [1.29, 1.82) is 5.26 Å². The normalized spacial score (nSPS) is 14.0. The van der Waals surface area contributed by atoms with E-state index >= 15 is 0 Å². The van der Waals surface area contributed by atoms with Gasteiger partial charge >= 0.3 is 0 Å². The molecule has 5 heteroatoms. The first kappa shape index (κ1) is 18.8. The third-order valence-corrected chi connectivity index (χ3v) is 5.25. The van der Waals surface area contributed by atoms with E-state index in [9.17, 15) is 4.79 Å². The number of rotatable bonds is 5. The number of nitrogens with one attached hydrogen (secondary N) is 1. The van der Waals surface area contributed by atoms with Crippen molar-refractivity contribution in [2.24, 2.45) is 0 Å². The highest BCUT2D eigenvalue weighted by Crippen LogP contribution is 2.24. The highest BCUT2D eigenvalue weighted by molar-refractivity contribution is 5.77. The van der Waals surface area contributed by atoms with Crippen molar-refractivity contribution in [3.63, 3.8) is 0 Å². The first-order valence-corrected chi connectivity index (χ1v) is 9.42. The number of hydrogen-bond acceptors (Lipinski definition) is 4. The molecule has 2 aromatic carbocycles. The van der Waals surface area contributed by atoms with Crippen molar-refractivity contribution in [1.82, 2.24) is 4.90 Å². The van der Waals surface area contributed by atoms with Crippen LogP contribution in [0.2, 0.25) is 0 Å². The molecule has 1 heterocycles. The van der Waals surface area contributed by atoms with E-state index in [0.717, 1.165) is 31.9 Å². The average molecular weight is 362 g/mol. The van der Waals surface area contributed by atoms with Gasteiger partial charge in [-0.05, 0) is 43.2 Å². The summed E-state index contributed by atoms with van der Waals surface area (Å²) in [5.41, 5.74) is 5.28. The molecule has 0 spiro atoms. The summed E-state index contributed by atoms with van der Waals surface area (Å²) in [6.45, 7) is 8.06. The van der Waals surface area contributed by atoms with E-state index in [1.165, 1.54) is 16.8 Å². The third kappa shape index (κ3) is 4.40. The monoisotopic (exact) mass is 362 g/mol. The van der Waals surface area contributed by atoms with Crippen LogP contribution in [-0.2, 0) is 4.79 Å². The number of nitrogens with zero attached hydrogens (tertiary/aromatic N) is 3. The predicted octanol–water partition coefficient (Wildman–Crippen LogP) is 3.33. The molecule has 2 aromatic rings. The van der Waals surface area contributed by atoms with E-state index in [0.29, 0.717) is 18.5 Å². The van der Waals surface area contributed by atoms with Crippen LogP contribution in [0, 0.1) is 25.2 Å². The van der Waals surface area contributed by atoms with Crippen LogP contribution in [0.5, 0.6) is 0 Å². The van der Waals surface area contributed by atoms with E-state index in [2.05, 4.69) is 48.3 Å². The number of aryl methyl sites for hydroxylation is 1. The molecule has 1 N–H and O–H groups in total. The van der Waals surface area contributed by atoms with Gasteiger partial charge in [0.25, 0.3) is 0 Å². The van der Waals surface area contributed by atoms with Crippen molar-refractivity contribution >= 4 is 17.3 Å². The first-order chi connectivity index (χ1) is 13.1. The summed E-state index contributed by atoms with van der Waals surface area (Å²) in [6, 6.07) is 15.9. The fourth-order valence-electron chi connectivity index (χ4n) is 3.47. The fraction of sp³-hybridized carbons (Fsp3) is 0.364. The maximum Gasteiger partial charge on any atom is 0.224 e. The highest BCUT2D eigenvalue weighted by Gasteiger charge is 2.22. The SMILES string of the molecule is Cc1cccc(N2CCN(C(=O)CCNc3ccccc3C#N)CC2)c1C. The molecule has 140 valence electrons. The van der Waals surface area contributed by atoms with Gasteiger partial charge in [-0.15, -0.1) is 0 Å². The summed E-state index contributed by atoms with van der Waals surface area (Å²) in [4.78, 5) is 16.8. The smallest absolute Gasteiger partial charge is 0.224 e. The van der Waals surface area contributed by atoms with Gasteiger partial charge in [0, 0.05) is 44.8 Å². The molecular formula is C22H26N4O. The summed E-state index contributed by atoms with van der Waals surface area (Å²) in [6.07, 6.45) is 0.434. The molecule has 27 heavy (non-hydrogen) atoms. The summed E-state index contributed by atoms with van der Waals surface area (Å²) >= 11 is 0. The highest BCUT2D eigenvalue weighted by atomic mass is 16.2. The average Bonchev–Trinajstić information content (AvgIpc) is 2.70. The Morgan fingerprint density at radius 3 is 2.56 bits per heavy atom. The van der Waals surface area contributed by atoms with Gasteiger partial charge in [0.2, 0.25) is 5.91 Å². The maximum absolute atomic E-state index is 12.5. The van der Waals surface area contributed by atoms with Crippen LogP contribution in [0.25, 0.3) is 0 Å². The number of amides is 1. The van der Waals surface area contributed by atoms with Gasteiger partial charge in [-0.1, -0.05) is 24.3 Å². The minimum Gasteiger partial charge on any atom is -0.383 e. The van der Waals surface area contributed by atoms with Crippen LogP contribution in [-0.4, -0.2) is 43.5 Å². The van der Waals surface area contributed by atoms with E-state index in [4.69, 9.17) is 5.26 Å². The van der Waals surface area contributed by atoms with E-state index in [1.54, 1.807) is 6.07 Å². The second kappa shape index (κ2) is 8.59. The Morgan fingerprint density at radius 1 is 1.07 bits per heavy atom. The molecule has 1 fully saturated rings. The van der Waals surface area contributed by atoms with Gasteiger partial charge < -0.3 is 15.1 Å². The number of nitriles is 1. The van der Waals surface area contributed by atoms with Crippen LogP contribution in [0.15, 0.2) is 42.5 Å². The number of para-hydroxylation sites is 1. The van der Waals surface area contributed by atoms with Gasteiger partial charge in [0.05, 0.1) is 11.3 Å². The second-order valence-corrected chi connectivity index (χ2v) is 6.92. The van der Waals surface area contributed by atoms with Crippen molar-refractivity contribution in [2.45, 2.75) is 20.3 Å². The lowest BCUT2D eigenvalue weighted by Crippen LogP contribution is -2.49. The van der Waals surface area contributed by atoms with Crippen molar-refractivity contribution in [3.05, 3.63) is 59.2 Å². The quantitative estimate of drug-likeness (QED) is 0.886. The fourth-order valence-corrected chi connectivity index (χ4v) is 3.47. The van der Waals surface area contributed by atoms with Crippen molar-refractivity contribution in [2.75, 3.05) is 42.9 Å². The Bertz CT molecular complexity index is 848. The standard InChI is InChI=1S/C22H26N4O/c1-17-6-5-9-21(18(17)2)25-12-14-26(15-13-25)22(27)10-11-24-20-8-4-3-7-19(20)16-23/h3-9,24H,10-15H2,1-2H3. The molecule has 1 aliphatic heterocycles. The Morgan fingerprint density at radius 2 is 1.81 bits per heavy atom. The minimum absolute atomic E-state index is 0.164. The maximum atomic E-state index is 12.5. The molecule has 1 amide bonds. The molecule has 0 bridgehead atoms. The summed E-state index contributed by atoms with van der Waals surface area (Å²) in [5, 5.41) is 12.3. The number of carbonyl (C=O) groups excluding carboxylic acids is 1. The van der Waals surface area contributed by atoms with Gasteiger partial charge in [-0.25, -0.2) is 0 Å². The van der Waals surface area contributed by atoms with Crippen LogP contribution in [0.4, 0.5) is 11.4 Å². The minimum atomic E-state index is 0.164. The Balaban J connectivity index is 1.49. The molecule has 0 radical (unpaired) electrons. The molecule has 0 atom stereocenters. The number of piperazine rings is 1. The van der Waals surface area contributed by atoms with Crippen molar-refractivity contribution in [3.8, 4) is 6.07 Å². The van der Waals surface area contributed by atoms with E-state index < -0.39 is 0 Å². The van der Waals surface area contributed by atoms with Gasteiger partial charge in [0.1, 0.15) is 6.07 Å². The van der Waals surface area contributed by atoms with Crippen LogP contribution in [0.3, 0.4) is 0 Å². The van der Waals surface area contributed by atoms with Crippen LogP contribution in [0.1, 0.15) is 23.1 Å². The molecule has 1 saturated heterocycles. The number of carbonyl (C=O) groups is 1. The lowest BCUT2D eigenvalue weighted by atomic mass is 10.1. The second-order valence-electron chi connectivity index (χ2n) is 6.92. The Kier molecular flexibility index (Phi) is 5.97. The lowest BCUT2D eigenvalue weighted by Gasteiger charge is -2.37. The number of benzene rings is 2. The molecule has 0 aliphatic carbocycles. The first-order valence-electron chi connectivity index (χ1n) is 9.42. The zero-order chi connectivity index (χ0) is 19.2. The predicted molar refractivity (Wildman–Crippen MR) is 109 cm³/mol. The van der Waals surface area contributed by atoms with Gasteiger partial charge in [0.15, 0.2) is 0 Å². The van der Waals surface area contributed by atoms with E-state index in [1.807, 2.05) is 23.1 Å². The molecule has 5 nitrogen and oxygen atoms in total. The van der Waals surface area contributed by atoms with Crippen LogP contribution >= 0.6 is 0 Å². The molecule has 1 aliphatic rings. The zero-order valence-electron chi connectivity index (χ0n) is 16.0. The lowest BCUT2D eigenvalue weighted by molar-refractivity contribution is -0.131.